The van der Waals surface area contributed by atoms with E-state index in [0.29, 0.717) is 18.7 Å². The third-order valence-corrected chi connectivity index (χ3v) is 5.71. The van der Waals surface area contributed by atoms with E-state index in [9.17, 15) is 14.7 Å². The molecule has 1 atom stereocenters. The molecule has 2 N–H and O–H groups in total. The number of aliphatic hydroxyl groups is 1. The van der Waals surface area contributed by atoms with Crippen LogP contribution in [0.25, 0.3) is 10.9 Å². The van der Waals surface area contributed by atoms with Crippen molar-refractivity contribution in [2.45, 2.75) is 19.4 Å². The standard InChI is InChI=1S/C24H24N2O5/c1-14(27)21-22(15-4-6-17(30-2)7-5-15)26(24(29)23(21)28)11-10-16-13-25-20-9-8-18(31-3)12-19(16)20/h4-9,12-13,22,25,28H,10-11H2,1-3H3/t22-/m0/s1. The topological polar surface area (TPSA) is 91.9 Å². The highest BCUT2D eigenvalue weighted by Crippen LogP contribution is 2.38. The molecule has 0 fully saturated rings. The molecular formula is C24H24N2O5. The van der Waals surface area contributed by atoms with E-state index < -0.39 is 17.7 Å². The fourth-order valence-electron chi connectivity index (χ4n) is 4.11. The maximum Gasteiger partial charge on any atom is 0.290 e. The summed E-state index contributed by atoms with van der Waals surface area (Å²) in [5, 5.41) is 11.5. The Hall–Kier alpha value is -3.74. The molecule has 1 aliphatic heterocycles. The Bertz CT molecular complexity index is 1180. The summed E-state index contributed by atoms with van der Waals surface area (Å²) in [6, 6.07) is 12.3. The number of amides is 1. The lowest BCUT2D eigenvalue weighted by molar-refractivity contribution is -0.129. The molecule has 0 unspecified atom stereocenters. The molecule has 31 heavy (non-hydrogen) atoms. The number of aliphatic hydroxyl groups excluding tert-OH is 1. The van der Waals surface area contributed by atoms with Crippen molar-refractivity contribution in [1.29, 1.82) is 0 Å². The van der Waals surface area contributed by atoms with E-state index in [0.717, 1.165) is 27.8 Å². The number of hydrogen-bond acceptors (Lipinski definition) is 5. The van der Waals surface area contributed by atoms with E-state index in [1.54, 1.807) is 31.3 Å². The molecule has 0 spiro atoms. The van der Waals surface area contributed by atoms with Crippen molar-refractivity contribution in [3.8, 4) is 11.5 Å². The minimum Gasteiger partial charge on any atom is -0.503 e. The highest BCUT2D eigenvalue weighted by molar-refractivity contribution is 6.08. The molecule has 0 saturated carbocycles. The maximum atomic E-state index is 12.9. The second-order valence-corrected chi connectivity index (χ2v) is 7.47. The molecule has 2 heterocycles. The van der Waals surface area contributed by atoms with E-state index in [-0.39, 0.29) is 11.4 Å². The van der Waals surface area contributed by atoms with Gasteiger partial charge < -0.3 is 24.5 Å². The van der Waals surface area contributed by atoms with Gasteiger partial charge in [0.25, 0.3) is 5.91 Å². The van der Waals surface area contributed by atoms with E-state index in [1.807, 2.05) is 36.5 Å². The Morgan fingerprint density at radius 3 is 2.42 bits per heavy atom. The summed E-state index contributed by atoms with van der Waals surface area (Å²) in [6.45, 7) is 1.70. The van der Waals surface area contributed by atoms with Gasteiger partial charge in [0, 0.05) is 23.6 Å². The first kappa shape index (κ1) is 20.5. The number of aromatic amines is 1. The summed E-state index contributed by atoms with van der Waals surface area (Å²) >= 11 is 0. The van der Waals surface area contributed by atoms with Crippen LogP contribution in [0.1, 0.15) is 24.1 Å². The Balaban J connectivity index is 1.65. The SMILES string of the molecule is COc1ccc([C@H]2C(C(C)=O)=C(O)C(=O)N2CCc2c[nH]c3ccc(OC)cc23)cc1. The van der Waals surface area contributed by atoms with Gasteiger partial charge in [-0.3, -0.25) is 9.59 Å². The maximum absolute atomic E-state index is 12.9. The van der Waals surface area contributed by atoms with Gasteiger partial charge in [0.05, 0.1) is 25.8 Å². The van der Waals surface area contributed by atoms with Crippen LogP contribution in [-0.2, 0) is 16.0 Å². The largest absolute Gasteiger partial charge is 0.503 e. The van der Waals surface area contributed by atoms with Crippen molar-refractivity contribution in [1.82, 2.24) is 9.88 Å². The van der Waals surface area contributed by atoms with Crippen LogP contribution in [0.3, 0.4) is 0 Å². The van der Waals surface area contributed by atoms with Crippen LogP contribution in [0, 0.1) is 0 Å². The number of benzene rings is 2. The zero-order valence-electron chi connectivity index (χ0n) is 17.6. The van der Waals surface area contributed by atoms with Crippen LogP contribution in [0.4, 0.5) is 0 Å². The molecule has 0 aliphatic carbocycles. The molecule has 0 bridgehead atoms. The molecule has 3 aromatic rings. The van der Waals surface area contributed by atoms with Crippen LogP contribution in [0.15, 0.2) is 60.0 Å². The molecule has 1 amide bonds. The highest BCUT2D eigenvalue weighted by atomic mass is 16.5. The van der Waals surface area contributed by atoms with Crippen molar-refractivity contribution >= 4 is 22.6 Å². The Morgan fingerprint density at radius 2 is 1.77 bits per heavy atom. The minimum atomic E-state index is -0.643. The quantitative estimate of drug-likeness (QED) is 0.608. The number of methoxy groups -OCH3 is 2. The number of aromatic nitrogens is 1. The summed E-state index contributed by atoms with van der Waals surface area (Å²) < 4.78 is 10.5. The molecule has 160 valence electrons. The van der Waals surface area contributed by atoms with Gasteiger partial charge in [-0.1, -0.05) is 12.1 Å². The monoisotopic (exact) mass is 420 g/mol. The van der Waals surface area contributed by atoms with Gasteiger partial charge >= 0.3 is 0 Å². The number of carbonyl (C=O) groups is 2. The summed E-state index contributed by atoms with van der Waals surface area (Å²) in [6.07, 6.45) is 2.45. The van der Waals surface area contributed by atoms with E-state index in [1.165, 1.54) is 6.92 Å². The Kier molecular flexibility index (Phi) is 5.42. The van der Waals surface area contributed by atoms with Crippen molar-refractivity contribution in [3.05, 3.63) is 71.1 Å². The third kappa shape index (κ3) is 3.63. The number of ketones is 1. The van der Waals surface area contributed by atoms with Crippen LogP contribution < -0.4 is 9.47 Å². The van der Waals surface area contributed by atoms with Crippen LogP contribution >= 0.6 is 0 Å². The molecule has 0 radical (unpaired) electrons. The number of nitrogens with one attached hydrogen (secondary N) is 1. The highest BCUT2D eigenvalue weighted by Gasteiger charge is 2.42. The number of Topliss-reactive ketones (excluding diaryl/α,β-unsaturated/α-hetero) is 1. The number of carbonyl (C=O) groups excluding carboxylic acids is 2. The van der Waals surface area contributed by atoms with Crippen LogP contribution in [0.5, 0.6) is 11.5 Å². The fraction of sp³-hybridized carbons (Fsp3) is 0.250. The smallest absolute Gasteiger partial charge is 0.290 e. The van der Waals surface area contributed by atoms with Crippen molar-refractivity contribution in [2.24, 2.45) is 0 Å². The zero-order chi connectivity index (χ0) is 22.1. The third-order valence-electron chi connectivity index (χ3n) is 5.71. The predicted molar refractivity (Wildman–Crippen MR) is 116 cm³/mol. The Labute approximate surface area is 179 Å². The summed E-state index contributed by atoms with van der Waals surface area (Å²) in [7, 11) is 3.19. The van der Waals surface area contributed by atoms with Gasteiger partial charge in [-0.05, 0) is 54.8 Å². The molecule has 7 nitrogen and oxygen atoms in total. The normalized spacial score (nSPS) is 16.3. The Morgan fingerprint density at radius 1 is 1.10 bits per heavy atom. The zero-order valence-corrected chi connectivity index (χ0v) is 17.6. The van der Waals surface area contributed by atoms with Crippen molar-refractivity contribution in [3.63, 3.8) is 0 Å². The molecule has 7 heteroatoms. The first-order chi connectivity index (χ1) is 14.9. The van der Waals surface area contributed by atoms with Crippen molar-refractivity contribution in [2.75, 3.05) is 20.8 Å². The van der Waals surface area contributed by atoms with Crippen LogP contribution in [0.2, 0.25) is 0 Å². The van der Waals surface area contributed by atoms with Gasteiger partial charge in [-0.25, -0.2) is 0 Å². The number of H-pyrrole nitrogens is 1. The van der Waals surface area contributed by atoms with E-state index in [4.69, 9.17) is 9.47 Å². The minimum absolute atomic E-state index is 0.121. The molecule has 1 aliphatic rings. The molecule has 2 aromatic carbocycles. The second kappa shape index (κ2) is 8.18. The fourth-order valence-corrected chi connectivity index (χ4v) is 4.11. The van der Waals surface area contributed by atoms with Gasteiger partial charge in [-0.2, -0.15) is 0 Å². The number of nitrogens with zero attached hydrogens (tertiary/aromatic N) is 1. The number of rotatable bonds is 7. The lowest BCUT2D eigenvalue weighted by atomic mass is 9.96. The summed E-state index contributed by atoms with van der Waals surface area (Å²) in [5.41, 5.74) is 2.85. The predicted octanol–water partition coefficient (Wildman–Crippen LogP) is 3.71. The van der Waals surface area contributed by atoms with Gasteiger partial charge in [0.15, 0.2) is 11.5 Å². The lowest BCUT2D eigenvalue weighted by Gasteiger charge is -2.26. The average Bonchev–Trinajstić information content (AvgIpc) is 3.30. The summed E-state index contributed by atoms with van der Waals surface area (Å²) in [4.78, 5) is 29.9. The molecule has 1 aromatic heterocycles. The molecule has 0 saturated heterocycles. The second-order valence-electron chi connectivity index (χ2n) is 7.47. The van der Waals surface area contributed by atoms with Gasteiger partial charge in [-0.15, -0.1) is 0 Å². The first-order valence-corrected chi connectivity index (χ1v) is 9.97. The lowest BCUT2D eigenvalue weighted by Crippen LogP contribution is -2.32. The van der Waals surface area contributed by atoms with Crippen molar-refractivity contribution < 1.29 is 24.2 Å². The number of fused-ring (bicyclic) bond motifs is 1. The van der Waals surface area contributed by atoms with E-state index >= 15 is 0 Å². The number of ether oxygens (including phenoxy) is 2. The van der Waals surface area contributed by atoms with Crippen LogP contribution in [-0.4, -0.2) is 47.4 Å². The molecule has 4 rings (SSSR count). The first-order valence-electron chi connectivity index (χ1n) is 9.97. The van der Waals surface area contributed by atoms with E-state index in [2.05, 4.69) is 4.98 Å². The average molecular weight is 420 g/mol. The molecular weight excluding hydrogens is 396 g/mol. The van der Waals surface area contributed by atoms with Gasteiger partial charge in [0.2, 0.25) is 0 Å². The van der Waals surface area contributed by atoms with Gasteiger partial charge in [0.1, 0.15) is 11.5 Å². The summed E-state index contributed by atoms with van der Waals surface area (Å²) in [5.74, 6) is 0.0770. The number of hydrogen-bond donors (Lipinski definition) is 2.